The van der Waals surface area contributed by atoms with Gasteiger partial charge in [0.25, 0.3) is 0 Å². The molecular weight excluding hydrogens is 500 g/mol. The fourth-order valence-electron chi connectivity index (χ4n) is 5.80. The molecule has 4 aromatic rings. The Labute approximate surface area is 221 Å². The van der Waals surface area contributed by atoms with E-state index in [4.69, 9.17) is 9.56 Å². The van der Waals surface area contributed by atoms with Crippen molar-refractivity contribution in [1.29, 1.82) is 0 Å². The van der Waals surface area contributed by atoms with Crippen molar-refractivity contribution in [2.45, 2.75) is 62.2 Å². The van der Waals surface area contributed by atoms with Crippen molar-refractivity contribution in [2.75, 3.05) is 0 Å². The molecule has 6 rings (SSSR count). The molecule has 0 bridgehead atoms. The highest BCUT2D eigenvalue weighted by molar-refractivity contribution is 7.89. The lowest BCUT2D eigenvalue weighted by atomic mass is 9.84. The van der Waals surface area contributed by atoms with Gasteiger partial charge in [-0.3, -0.25) is 0 Å². The largest absolute Gasteiger partial charge is 0.507 e. The van der Waals surface area contributed by atoms with Gasteiger partial charge in [-0.1, -0.05) is 49.2 Å². The van der Waals surface area contributed by atoms with E-state index >= 15 is 0 Å². The number of nitrogens with two attached hydrogens (primary N) is 1. The topological polar surface area (TPSA) is 123 Å². The van der Waals surface area contributed by atoms with Gasteiger partial charge in [-0.2, -0.15) is 0 Å². The number of nitrogens with zero attached hydrogens (tertiary/aromatic N) is 1. The SMILES string of the molecule is NS(=O)(=O)c1cccc2ccc(-c3cccc(C(c4c(O)c5c(oc4=O)CCCCCC5)C4CC4)c3)nc12. The summed E-state index contributed by atoms with van der Waals surface area (Å²) >= 11 is 0. The predicted octanol–water partition coefficient (Wildman–Crippen LogP) is 5.41. The molecule has 0 amide bonds. The maximum atomic E-state index is 13.3. The predicted molar refractivity (Wildman–Crippen MR) is 146 cm³/mol. The zero-order chi connectivity index (χ0) is 26.4. The van der Waals surface area contributed by atoms with Crippen molar-refractivity contribution in [3.05, 3.63) is 87.5 Å². The first-order valence-electron chi connectivity index (χ1n) is 13.2. The Hall–Kier alpha value is -3.49. The van der Waals surface area contributed by atoms with E-state index in [9.17, 15) is 18.3 Å². The molecule has 2 aromatic heterocycles. The second-order valence-electron chi connectivity index (χ2n) is 10.5. The van der Waals surface area contributed by atoms with E-state index in [2.05, 4.69) is 4.98 Å². The van der Waals surface area contributed by atoms with Crippen LogP contribution >= 0.6 is 0 Å². The number of rotatable bonds is 5. The zero-order valence-electron chi connectivity index (χ0n) is 21.0. The van der Waals surface area contributed by atoms with Crippen molar-refractivity contribution in [3.8, 4) is 17.0 Å². The zero-order valence-corrected chi connectivity index (χ0v) is 21.8. The molecule has 3 N–H and O–H groups in total. The highest BCUT2D eigenvalue weighted by Gasteiger charge is 2.38. The average Bonchev–Trinajstić information content (AvgIpc) is 3.72. The molecule has 1 fully saturated rings. The van der Waals surface area contributed by atoms with Crippen LogP contribution in [0.1, 0.15) is 66.9 Å². The van der Waals surface area contributed by atoms with Crippen LogP contribution in [0.15, 0.2) is 68.7 Å². The summed E-state index contributed by atoms with van der Waals surface area (Å²) in [6, 6.07) is 16.3. The molecular formula is C30H30N2O5S. The summed E-state index contributed by atoms with van der Waals surface area (Å²) in [5, 5.41) is 17.5. The summed E-state index contributed by atoms with van der Waals surface area (Å²) in [6.45, 7) is 0. The van der Waals surface area contributed by atoms with E-state index in [0.717, 1.165) is 55.2 Å². The number of aromatic hydroxyl groups is 1. The molecule has 1 atom stereocenters. The normalized spacial score (nSPS) is 17.0. The quantitative estimate of drug-likeness (QED) is 0.356. The number of pyridine rings is 1. The van der Waals surface area contributed by atoms with E-state index < -0.39 is 15.6 Å². The fourth-order valence-corrected chi connectivity index (χ4v) is 6.50. The average molecular weight is 531 g/mol. The van der Waals surface area contributed by atoms with E-state index in [-0.39, 0.29) is 22.5 Å². The number of para-hydroxylation sites is 1. The van der Waals surface area contributed by atoms with Gasteiger partial charge < -0.3 is 9.52 Å². The molecule has 38 heavy (non-hydrogen) atoms. The molecule has 2 aliphatic rings. The minimum atomic E-state index is -3.95. The lowest BCUT2D eigenvalue weighted by Gasteiger charge is -2.22. The van der Waals surface area contributed by atoms with Gasteiger partial charge in [0.2, 0.25) is 10.0 Å². The smallest absolute Gasteiger partial charge is 0.343 e. The summed E-state index contributed by atoms with van der Waals surface area (Å²) < 4.78 is 30.2. The Morgan fingerprint density at radius 2 is 1.74 bits per heavy atom. The first-order valence-corrected chi connectivity index (χ1v) is 14.8. The number of aromatic nitrogens is 1. The molecule has 2 heterocycles. The van der Waals surface area contributed by atoms with Gasteiger partial charge in [-0.15, -0.1) is 0 Å². The molecule has 8 heteroatoms. The van der Waals surface area contributed by atoms with Crippen molar-refractivity contribution in [3.63, 3.8) is 0 Å². The third-order valence-electron chi connectivity index (χ3n) is 7.83. The highest BCUT2D eigenvalue weighted by Crippen LogP contribution is 2.49. The van der Waals surface area contributed by atoms with E-state index in [1.54, 1.807) is 12.1 Å². The maximum Gasteiger partial charge on any atom is 0.343 e. The Morgan fingerprint density at radius 1 is 0.974 bits per heavy atom. The van der Waals surface area contributed by atoms with Crippen LogP contribution in [0.4, 0.5) is 0 Å². The second-order valence-corrected chi connectivity index (χ2v) is 12.0. The molecule has 2 aliphatic carbocycles. The number of fused-ring (bicyclic) bond motifs is 2. The third kappa shape index (κ3) is 4.63. The Morgan fingerprint density at radius 3 is 2.50 bits per heavy atom. The van der Waals surface area contributed by atoms with Gasteiger partial charge in [0.15, 0.2) is 0 Å². The van der Waals surface area contributed by atoms with Crippen LogP contribution in [-0.2, 0) is 22.9 Å². The van der Waals surface area contributed by atoms with Gasteiger partial charge >= 0.3 is 5.63 Å². The molecule has 196 valence electrons. The van der Waals surface area contributed by atoms with Crippen LogP contribution in [0.25, 0.3) is 22.2 Å². The summed E-state index contributed by atoms with van der Waals surface area (Å²) in [7, 11) is -3.95. The lowest BCUT2D eigenvalue weighted by molar-refractivity contribution is 0.382. The fraction of sp³-hybridized carbons (Fsp3) is 0.333. The minimum Gasteiger partial charge on any atom is -0.507 e. The maximum absolute atomic E-state index is 13.3. The highest BCUT2D eigenvalue weighted by atomic mass is 32.2. The molecule has 0 aliphatic heterocycles. The molecule has 0 spiro atoms. The Bertz CT molecular complexity index is 1710. The Kier molecular flexibility index (Phi) is 6.32. The van der Waals surface area contributed by atoms with Gasteiger partial charge in [0.1, 0.15) is 16.4 Å². The number of primary sulfonamides is 1. The molecule has 0 radical (unpaired) electrons. The van der Waals surface area contributed by atoms with Crippen molar-refractivity contribution in [1.82, 2.24) is 4.98 Å². The summed E-state index contributed by atoms with van der Waals surface area (Å²) in [6.07, 6.45) is 7.45. The standard InChI is InChI=1S/C30H30N2O5S/c31-38(35,36)25-12-6-7-19-15-16-23(32-28(19)25)20-8-5-9-21(17-20)26(18-13-14-18)27-29(33)22-10-3-1-2-4-11-24(22)37-30(27)34/h5-9,12,15-18,26,33H,1-4,10-11,13-14H2,(H2,31,35,36). The van der Waals surface area contributed by atoms with Crippen LogP contribution in [0.5, 0.6) is 5.75 Å². The minimum absolute atomic E-state index is 0.0211. The monoisotopic (exact) mass is 530 g/mol. The lowest BCUT2D eigenvalue weighted by Crippen LogP contribution is -2.19. The number of hydrogen-bond acceptors (Lipinski definition) is 6. The van der Waals surface area contributed by atoms with Crippen molar-refractivity contribution in [2.24, 2.45) is 11.1 Å². The number of aryl methyl sites for hydroxylation is 1. The molecule has 2 aromatic carbocycles. The molecule has 1 unspecified atom stereocenters. The Balaban J connectivity index is 1.46. The number of benzene rings is 2. The third-order valence-corrected chi connectivity index (χ3v) is 8.77. The summed E-state index contributed by atoms with van der Waals surface area (Å²) in [5.41, 5.74) is 3.29. The molecule has 7 nitrogen and oxygen atoms in total. The van der Waals surface area contributed by atoms with Crippen LogP contribution in [0.2, 0.25) is 0 Å². The van der Waals surface area contributed by atoms with E-state index in [0.29, 0.717) is 40.8 Å². The summed E-state index contributed by atoms with van der Waals surface area (Å²) in [5.74, 6) is 0.680. The van der Waals surface area contributed by atoms with Gasteiger partial charge in [-0.25, -0.2) is 23.3 Å². The molecule has 0 saturated heterocycles. The first-order chi connectivity index (χ1) is 18.3. The van der Waals surface area contributed by atoms with Crippen molar-refractivity contribution >= 4 is 20.9 Å². The summed E-state index contributed by atoms with van der Waals surface area (Å²) in [4.78, 5) is 17.9. The van der Waals surface area contributed by atoms with Crippen molar-refractivity contribution < 1.29 is 17.9 Å². The van der Waals surface area contributed by atoms with Gasteiger partial charge in [0.05, 0.1) is 16.8 Å². The van der Waals surface area contributed by atoms with Gasteiger partial charge in [-0.05, 0) is 61.8 Å². The van der Waals surface area contributed by atoms with Crippen LogP contribution in [0, 0.1) is 5.92 Å². The van der Waals surface area contributed by atoms with Gasteiger partial charge in [0, 0.05) is 28.9 Å². The number of sulfonamides is 1. The van der Waals surface area contributed by atoms with E-state index in [1.165, 1.54) is 6.07 Å². The number of hydrogen-bond donors (Lipinski definition) is 2. The van der Waals surface area contributed by atoms with Crippen LogP contribution < -0.4 is 10.8 Å². The van der Waals surface area contributed by atoms with Crippen LogP contribution in [0.3, 0.4) is 0 Å². The first kappa shape index (κ1) is 24.8. The molecule has 1 saturated carbocycles. The van der Waals surface area contributed by atoms with E-state index in [1.807, 2.05) is 36.4 Å². The van der Waals surface area contributed by atoms with Crippen LogP contribution in [-0.4, -0.2) is 18.5 Å². The second kappa shape index (κ2) is 9.67.